The molecule has 0 aliphatic heterocycles. The maximum Gasteiger partial charge on any atom is 0.265 e. The monoisotopic (exact) mass is 328 g/mol. The summed E-state index contributed by atoms with van der Waals surface area (Å²) in [4.78, 5) is 16.8. The molecular weight excluding hydrogens is 315 g/mol. The molecule has 0 fully saturated rings. The molecule has 0 bridgehead atoms. The summed E-state index contributed by atoms with van der Waals surface area (Å²) in [6.07, 6.45) is 1.64. The number of hydrogen-bond acceptors (Lipinski definition) is 5. The van der Waals surface area contributed by atoms with Gasteiger partial charge in [0.2, 0.25) is 0 Å². The van der Waals surface area contributed by atoms with Gasteiger partial charge in [0.15, 0.2) is 0 Å². The summed E-state index contributed by atoms with van der Waals surface area (Å²) >= 11 is 1.03. The maximum atomic E-state index is 12.9. The fraction of sp³-hybridized carbons (Fsp3) is 0.0625. The molecule has 3 rings (SSSR count). The number of carbonyl (C=O) groups excluding carboxylic acids is 1. The minimum absolute atomic E-state index is 0.287. The first kappa shape index (κ1) is 15.1. The first-order valence-corrected chi connectivity index (χ1v) is 7.61. The molecule has 2 heterocycles. The number of nitrogens with zero attached hydrogens (tertiary/aromatic N) is 2. The number of nitrogens with two attached hydrogens (primary N) is 1. The minimum atomic E-state index is -0.313. The Morgan fingerprint density at radius 1 is 1.22 bits per heavy atom. The standard InChI is InChI=1S/C16H13FN4OS/c17-11-6-4-10(5-7-11)9-20-16(22)15-13(18)14(21-23-15)12-3-1-2-8-19-12/h1-8H,9,18H2,(H,20,22). The highest BCUT2D eigenvalue weighted by molar-refractivity contribution is 7.09. The molecule has 0 saturated heterocycles. The van der Waals surface area contributed by atoms with Crippen molar-refractivity contribution >= 4 is 23.1 Å². The molecule has 0 atom stereocenters. The second-order valence-corrected chi connectivity index (χ2v) is 5.57. The van der Waals surface area contributed by atoms with Gasteiger partial charge in [-0.25, -0.2) is 4.39 Å². The van der Waals surface area contributed by atoms with Crippen LogP contribution in [0, 0.1) is 5.82 Å². The van der Waals surface area contributed by atoms with Crippen LogP contribution in [0.1, 0.15) is 15.2 Å². The van der Waals surface area contributed by atoms with Crippen molar-refractivity contribution in [1.29, 1.82) is 0 Å². The number of hydrogen-bond donors (Lipinski definition) is 2. The van der Waals surface area contributed by atoms with Crippen molar-refractivity contribution in [3.05, 3.63) is 64.9 Å². The molecule has 3 aromatic rings. The summed E-state index contributed by atoms with van der Waals surface area (Å²) in [5.74, 6) is -0.627. The summed E-state index contributed by atoms with van der Waals surface area (Å²) in [5, 5.41) is 2.75. The van der Waals surface area contributed by atoms with Crippen LogP contribution in [0.4, 0.5) is 10.1 Å². The Labute approximate surface area is 136 Å². The van der Waals surface area contributed by atoms with Crippen molar-refractivity contribution in [2.75, 3.05) is 5.73 Å². The van der Waals surface area contributed by atoms with E-state index in [1.54, 1.807) is 30.5 Å². The average molecular weight is 328 g/mol. The van der Waals surface area contributed by atoms with E-state index >= 15 is 0 Å². The molecule has 1 amide bonds. The second-order valence-electron chi connectivity index (χ2n) is 4.80. The number of nitrogens with one attached hydrogen (secondary N) is 1. The molecule has 2 aromatic heterocycles. The van der Waals surface area contributed by atoms with Gasteiger partial charge in [-0.05, 0) is 41.4 Å². The SMILES string of the molecule is Nc1c(-c2ccccn2)nsc1C(=O)NCc1ccc(F)cc1. The number of aromatic nitrogens is 2. The lowest BCUT2D eigenvalue weighted by atomic mass is 10.2. The molecule has 0 unspecified atom stereocenters. The molecule has 23 heavy (non-hydrogen) atoms. The van der Waals surface area contributed by atoms with Crippen LogP contribution in [0.5, 0.6) is 0 Å². The summed E-state index contributed by atoms with van der Waals surface area (Å²) < 4.78 is 17.1. The van der Waals surface area contributed by atoms with Crippen molar-refractivity contribution < 1.29 is 9.18 Å². The normalized spacial score (nSPS) is 10.5. The molecule has 0 saturated carbocycles. The number of rotatable bonds is 4. The highest BCUT2D eigenvalue weighted by Gasteiger charge is 2.18. The van der Waals surface area contributed by atoms with E-state index in [-0.39, 0.29) is 18.3 Å². The Kier molecular flexibility index (Phi) is 4.29. The second kappa shape index (κ2) is 6.53. The number of anilines is 1. The summed E-state index contributed by atoms with van der Waals surface area (Å²) in [7, 11) is 0. The smallest absolute Gasteiger partial charge is 0.265 e. The van der Waals surface area contributed by atoms with Crippen LogP contribution >= 0.6 is 11.5 Å². The molecule has 0 aliphatic rings. The van der Waals surface area contributed by atoms with Crippen LogP contribution in [0.2, 0.25) is 0 Å². The van der Waals surface area contributed by atoms with Gasteiger partial charge in [0.05, 0.1) is 11.4 Å². The average Bonchev–Trinajstić information content (AvgIpc) is 2.96. The number of nitrogen functional groups attached to an aromatic ring is 1. The maximum absolute atomic E-state index is 12.9. The van der Waals surface area contributed by atoms with Crippen LogP contribution in [-0.2, 0) is 6.54 Å². The van der Waals surface area contributed by atoms with Gasteiger partial charge >= 0.3 is 0 Å². The third-order valence-electron chi connectivity index (χ3n) is 3.21. The van der Waals surface area contributed by atoms with Crippen molar-refractivity contribution in [3.8, 4) is 11.4 Å². The lowest BCUT2D eigenvalue weighted by molar-refractivity contribution is 0.0956. The fourth-order valence-electron chi connectivity index (χ4n) is 2.01. The van der Waals surface area contributed by atoms with Crippen molar-refractivity contribution in [2.45, 2.75) is 6.54 Å². The van der Waals surface area contributed by atoms with E-state index in [9.17, 15) is 9.18 Å². The molecule has 1 aromatic carbocycles. The Morgan fingerprint density at radius 2 is 2.00 bits per heavy atom. The Hall–Kier alpha value is -2.80. The van der Waals surface area contributed by atoms with E-state index in [0.29, 0.717) is 22.0 Å². The summed E-state index contributed by atoms with van der Waals surface area (Å²) in [5.41, 5.74) is 8.26. The van der Waals surface area contributed by atoms with Crippen LogP contribution < -0.4 is 11.1 Å². The Bertz CT molecular complexity index is 818. The van der Waals surface area contributed by atoms with E-state index in [2.05, 4.69) is 14.7 Å². The molecule has 0 spiro atoms. The molecule has 0 radical (unpaired) electrons. The highest BCUT2D eigenvalue weighted by Crippen LogP contribution is 2.29. The molecule has 3 N–H and O–H groups in total. The predicted octanol–water partition coefficient (Wildman–Crippen LogP) is 2.86. The van der Waals surface area contributed by atoms with E-state index in [4.69, 9.17) is 5.73 Å². The number of carbonyl (C=O) groups is 1. The topological polar surface area (TPSA) is 80.9 Å². The zero-order chi connectivity index (χ0) is 16.2. The zero-order valence-electron chi connectivity index (χ0n) is 12.0. The first-order chi connectivity index (χ1) is 11.1. The van der Waals surface area contributed by atoms with Gasteiger partial charge in [-0.1, -0.05) is 18.2 Å². The van der Waals surface area contributed by atoms with E-state index < -0.39 is 0 Å². The third-order valence-corrected chi connectivity index (χ3v) is 4.07. The van der Waals surface area contributed by atoms with Crippen LogP contribution in [-0.4, -0.2) is 15.3 Å². The Morgan fingerprint density at radius 3 is 2.70 bits per heavy atom. The number of amides is 1. The molecule has 7 heteroatoms. The van der Waals surface area contributed by atoms with Gasteiger partial charge < -0.3 is 11.1 Å². The van der Waals surface area contributed by atoms with E-state index in [1.807, 2.05) is 6.07 Å². The van der Waals surface area contributed by atoms with Gasteiger partial charge in [0.25, 0.3) is 5.91 Å². The fourth-order valence-corrected chi connectivity index (χ4v) is 2.74. The summed E-state index contributed by atoms with van der Waals surface area (Å²) in [6.45, 7) is 0.287. The van der Waals surface area contributed by atoms with E-state index in [1.165, 1.54) is 12.1 Å². The highest BCUT2D eigenvalue weighted by atomic mass is 32.1. The lowest BCUT2D eigenvalue weighted by Gasteiger charge is -2.04. The van der Waals surface area contributed by atoms with Crippen molar-refractivity contribution in [3.63, 3.8) is 0 Å². The predicted molar refractivity (Wildman–Crippen MR) is 87.3 cm³/mol. The van der Waals surface area contributed by atoms with Gasteiger partial charge in [0, 0.05) is 12.7 Å². The number of pyridine rings is 1. The number of benzene rings is 1. The molecule has 0 aliphatic carbocycles. The number of halogens is 1. The minimum Gasteiger partial charge on any atom is -0.396 e. The van der Waals surface area contributed by atoms with Crippen LogP contribution in [0.25, 0.3) is 11.4 Å². The van der Waals surface area contributed by atoms with Gasteiger partial charge in [-0.3, -0.25) is 9.78 Å². The van der Waals surface area contributed by atoms with Gasteiger partial charge in [0.1, 0.15) is 16.4 Å². The van der Waals surface area contributed by atoms with Crippen LogP contribution in [0.15, 0.2) is 48.7 Å². The summed E-state index contributed by atoms with van der Waals surface area (Å²) in [6, 6.07) is 11.3. The lowest BCUT2D eigenvalue weighted by Crippen LogP contribution is -2.22. The first-order valence-electron chi connectivity index (χ1n) is 6.84. The van der Waals surface area contributed by atoms with Crippen molar-refractivity contribution in [1.82, 2.24) is 14.7 Å². The Balaban J connectivity index is 1.73. The van der Waals surface area contributed by atoms with Crippen LogP contribution in [0.3, 0.4) is 0 Å². The molecular formula is C16H13FN4OS. The van der Waals surface area contributed by atoms with Gasteiger partial charge in [-0.2, -0.15) is 4.37 Å². The molecule has 116 valence electrons. The van der Waals surface area contributed by atoms with E-state index in [0.717, 1.165) is 17.1 Å². The zero-order valence-corrected chi connectivity index (χ0v) is 12.8. The van der Waals surface area contributed by atoms with Gasteiger partial charge in [-0.15, -0.1) is 0 Å². The largest absolute Gasteiger partial charge is 0.396 e. The molecule has 5 nitrogen and oxygen atoms in total. The third kappa shape index (κ3) is 3.35. The quantitative estimate of drug-likeness (QED) is 0.772. The van der Waals surface area contributed by atoms with Crippen molar-refractivity contribution in [2.24, 2.45) is 0 Å².